The van der Waals surface area contributed by atoms with Crippen LogP contribution >= 0.6 is 0 Å². The SMILES string of the molecule is C/C=C(C)\C=C\C(=O)C(C)CC. The summed E-state index contributed by atoms with van der Waals surface area (Å²) < 4.78 is 0. The quantitative estimate of drug-likeness (QED) is 0.463. The Kier molecular flexibility index (Phi) is 5.35. The standard InChI is InChI=1S/C11H18O/c1-5-9(3)7-8-11(12)10(4)6-2/h5,7-8,10H,6H2,1-4H3/b8-7+,9-5-. The summed E-state index contributed by atoms with van der Waals surface area (Å²) in [5.74, 6) is 0.379. The van der Waals surface area contributed by atoms with Gasteiger partial charge in [-0.3, -0.25) is 4.79 Å². The van der Waals surface area contributed by atoms with Crippen molar-refractivity contribution in [3.63, 3.8) is 0 Å². The van der Waals surface area contributed by atoms with Gasteiger partial charge in [-0.05, 0) is 26.3 Å². The largest absolute Gasteiger partial charge is 0.295 e. The van der Waals surface area contributed by atoms with E-state index in [-0.39, 0.29) is 11.7 Å². The molecule has 1 unspecified atom stereocenters. The van der Waals surface area contributed by atoms with Crippen molar-refractivity contribution in [2.24, 2.45) is 5.92 Å². The Hall–Kier alpha value is -0.850. The molecule has 0 rings (SSSR count). The van der Waals surface area contributed by atoms with Gasteiger partial charge in [0.25, 0.3) is 0 Å². The molecule has 0 spiro atoms. The predicted octanol–water partition coefficient (Wildman–Crippen LogP) is 3.12. The van der Waals surface area contributed by atoms with Crippen LogP contribution in [-0.4, -0.2) is 5.78 Å². The van der Waals surface area contributed by atoms with Gasteiger partial charge in [0, 0.05) is 5.92 Å². The Morgan fingerprint density at radius 1 is 1.42 bits per heavy atom. The van der Waals surface area contributed by atoms with Gasteiger partial charge in [-0.15, -0.1) is 0 Å². The van der Waals surface area contributed by atoms with E-state index in [0.717, 1.165) is 12.0 Å². The molecule has 0 aliphatic rings. The molecular weight excluding hydrogens is 148 g/mol. The molecule has 0 amide bonds. The molecular formula is C11H18O. The lowest BCUT2D eigenvalue weighted by molar-refractivity contribution is -0.117. The topological polar surface area (TPSA) is 17.1 Å². The van der Waals surface area contributed by atoms with E-state index in [9.17, 15) is 4.79 Å². The summed E-state index contributed by atoms with van der Waals surface area (Å²) in [5, 5.41) is 0. The fraction of sp³-hybridized carbons (Fsp3) is 0.545. The molecule has 0 aromatic carbocycles. The van der Waals surface area contributed by atoms with Crippen LogP contribution in [0.15, 0.2) is 23.8 Å². The number of hydrogen-bond acceptors (Lipinski definition) is 1. The first kappa shape index (κ1) is 11.2. The van der Waals surface area contributed by atoms with E-state index in [2.05, 4.69) is 0 Å². The predicted molar refractivity (Wildman–Crippen MR) is 53.0 cm³/mol. The Morgan fingerprint density at radius 3 is 2.42 bits per heavy atom. The minimum absolute atomic E-state index is 0.158. The summed E-state index contributed by atoms with van der Waals surface area (Å²) in [4.78, 5) is 11.3. The van der Waals surface area contributed by atoms with Crippen LogP contribution in [0.3, 0.4) is 0 Å². The molecule has 0 saturated carbocycles. The molecule has 0 aromatic heterocycles. The maximum atomic E-state index is 11.3. The van der Waals surface area contributed by atoms with Gasteiger partial charge in [0.15, 0.2) is 5.78 Å². The summed E-state index contributed by atoms with van der Waals surface area (Å²) in [5.41, 5.74) is 1.13. The lowest BCUT2D eigenvalue weighted by atomic mass is 10.0. The highest BCUT2D eigenvalue weighted by atomic mass is 16.1. The third-order valence-corrected chi connectivity index (χ3v) is 2.06. The van der Waals surface area contributed by atoms with Crippen LogP contribution in [0.25, 0.3) is 0 Å². The highest BCUT2D eigenvalue weighted by Gasteiger charge is 2.05. The van der Waals surface area contributed by atoms with Crippen molar-refractivity contribution in [1.82, 2.24) is 0 Å². The zero-order chi connectivity index (χ0) is 9.56. The number of allylic oxidation sites excluding steroid dienone is 4. The molecule has 0 fully saturated rings. The first-order valence-electron chi connectivity index (χ1n) is 4.46. The van der Waals surface area contributed by atoms with Gasteiger partial charge in [-0.25, -0.2) is 0 Å². The van der Waals surface area contributed by atoms with Crippen LogP contribution < -0.4 is 0 Å². The van der Waals surface area contributed by atoms with Crippen molar-refractivity contribution >= 4 is 5.78 Å². The number of hydrogen-bond donors (Lipinski definition) is 0. The van der Waals surface area contributed by atoms with Crippen molar-refractivity contribution in [3.8, 4) is 0 Å². The average molecular weight is 166 g/mol. The smallest absolute Gasteiger partial charge is 0.158 e. The maximum absolute atomic E-state index is 11.3. The highest BCUT2D eigenvalue weighted by Crippen LogP contribution is 2.04. The third kappa shape index (κ3) is 4.12. The number of rotatable bonds is 4. The molecule has 0 bridgehead atoms. The van der Waals surface area contributed by atoms with Crippen molar-refractivity contribution in [3.05, 3.63) is 23.8 Å². The second-order valence-corrected chi connectivity index (χ2v) is 3.08. The van der Waals surface area contributed by atoms with Crippen LogP contribution in [-0.2, 0) is 4.79 Å². The van der Waals surface area contributed by atoms with Crippen molar-refractivity contribution < 1.29 is 4.79 Å². The van der Waals surface area contributed by atoms with E-state index >= 15 is 0 Å². The molecule has 0 aliphatic heterocycles. The minimum Gasteiger partial charge on any atom is -0.295 e. The Morgan fingerprint density at radius 2 is 2.00 bits per heavy atom. The molecule has 1 nitrogen and oxygen atoms in total. The zero-order valence-corrected chi connectivity index (χ0v) is 8.42. The molecule has 0 N–H and O–H groups in total. The molecule has 1 heteroatoms. The first-order valence-corrected chi connectivity index (χ1v) is 4.46. The van der Waals surface area contributed by atoms with Gasteiger partial charge in [-0.1, -0.05) is 31.6 Å². The van der Waals surface area contributed by atoms with E-state index < -0.39 is 0 Å². The molecule has 0 aliphatic carbocycles. The van der Waals surface area contributed by atoms with Crippen LogP contribution in [0, 0.1) is 5.92 Å². The number of ketones is 1. The van der Waals surface area contributed by atoms with Crippen molar-refractivity contribution in [2.75, 3.05) is 0 Å². The third-order valence-electron chi connectivity index (χ3n) is 2.06. The second kappa shape index (κ2) is 5.76. The van der Waals surface area contributed by atoms with E-state index in [1.807, 2.05) is 39.8 Å². The van der Waals surface area contributed by atoms with Crippen LogP contribution in [0.1, 0.15) is 34.1 Å². The lowest BCUT2D eigenvalue weighted by Gasteiger charge is -2.01. The van der Waals surface area contributed by atoms with E-state index in [1.54, 1.807) is 6.08 Å². The van der Waals surface area contributed by atoms with Gasteiger partial charge in [0.1, 0.15) is 0 Å². The molecule has 0 aromatic rings. The normalized spacial score (nSPS) is 15.2. The Bertz CT molecular complexity index is 199. The minimum atomic E-state index is 0.158. The Balaban J connectivity index is 4.09. The summed E-state index contributed by atoms with van der Waals surface area (Å²) in [6, 6.07) is 0. The molecule has 12 heavy (non-hydrogen) atoms. The molecule has 0 heterocycles. The summed E-state index contributed by atoms with van der Waals surface area (Å²) >= 11 is 0. The van der Waals surface area contributed by atoms with Gasteiger partial charge >= 0.3 is 0 Å². The van der Waals surface area contributed by atoms with Gasteiger partial charge in [0.2, 0.25) is 0 Å². The second-order valence-electron chi connectivity index (χ2n) is 3.08. The molecule has 1 atom stereocenters. The summed E-state index contributed by atoms with van der Waals surface area (Å²) in [6.07, 6.45) is 6.44. The van der Waals surface area contributed by atoms with Crippen molar-refractivity contribution in [2.45, 2.75) is 34.1 Å². The van der Waals surface area contributed by atoms with Gasteiger partial charge in [-0.2, -0.15) is 0 Å². The molecule has 0 saturated heterocycles. The zero-order valence-electron chi connectivity index (χ0n) is 8.42. The maximum Gasteiger partial charge on any atom is 0.158 e. The number of carbonyl (C=O) groups excluding carboxylic acids is 1. The molecule has 68 valence electrons. The molecule has 0 radical (unpaired) electrons. The Labute approximate surface area is 75.2 Å². The fourth-order valence-corrected chi connectivity index (χ4v) is 0.675. The van der Waals surface area contributed by atoms with Crippen LogP contribution in [0.4, 0.5) is 0 Å². The average Bonchev–Trinajstić information content (AvgIpc) is 2.11. The van der Waals surface area contributed by atoms with Crippen LogP contribution in [0.2, 0.25) is 0 Å². The lowest BCUT2D eigenvalue weighted by Crippen LogP contribution is -2.05. The van der Waals surface area contributed by atoms with Gasteiger partial charge < -0.3 is 0 Å². The van der Waals surface area contributed by atoms with Crippen LogP contribution in [0.5, 0.6) is 0 Å². The fourth-order valence-electron chi connectivity index (χ4n) is 0.675. The van der Waals surface area contributed by atoms with E-state index in [0.29, 0.717) is 0 Å². The van der Waals surface area contributed by atoms with Gasteiger partial charge in [0.05, 0.1) is 0 Å². The number of carbonyl (C=O) groups is 1. The summed E-state index contributed by atoms with van der Waals surface area (Å²) in [7, 11) is 0. The monoisotopic (exact) mass is 166 g/mol. The van der Waals surface area contributed by atoms with E-state index in [1.165, 1.54) is 0 Å². The first-order chi connectivity index (χ1) is 5.61. The van der Waals surface area contributed by atoms with Crippen molar-refractivity contribution in [1.29, 1.82) is 0 Å². The highest BCUT2D eigenvalue weighted by molar-refractivity contribution is 5.91. The summed E-state index contributed by atoms with van der Waals surface area (Å²) in [6.45, 7) is 7.93. The van der Waals surface area contributed by atoms with E-state index in [4.69, 9.17) is 0 Å².